The van der Waals surface area contributed by atoms with E-state index in [1.165, 1.54) is 44.5 Å². The van der Waals surface area contributed by atoms with Gasteiger partial charge in [0.05, 0.1) is 0 Å². The van der Waals surface area contributed by atoms with Crippen molar-refractivity contribution < 1.29 is 0 Å². The first-order valence-electron chi connectivity index (χ1n) is 6.24. The zero-order valence-corrected chi connectivity index (χ0v) is 11.1. The van der Waals surface area contributed by atoms with Crippen molar-refractivity contribution in [1.29, 1.82) is 0 Å². The van der Waals surface area contributed by atoms with E-state index < -0.39 is 0 Å². The highest BCUT2D eigenvalue weighted by molar-refractivity contribution is 7.98. The van der Waals surface area contributed by atoms with Gasteiger partial charge in [0.25, 0.3) is 0 Å². The number of nitrogens with zero attached hydrogens (tertiary/aromatic N) is 1. The van der Waals surface area contributed by atoms with Crippen LogP contribution in [0.5, 0.6) is 0 Å². The van der Waals surface area contributed by atoms with E-state index in [1.54, 1.807) is 0 Å². The summed E-state index contributed by atoms with van der Waals surface area (Å²) in [5, 5.41) is 0. The summed E-state index contributed by atoms with van der Waals surface area (Å²) in [6, 6.07) is 0.647. The Hall–Kier alpha value is 0.270. The molecular formula is C12H26N2S. The molecule has 1 heterocycles. The van der Waals surface area contributed by atoms with Crippen LogP contribution in [0.1, 0.15) is 32.6 Å². The number of thioether (sulfide) groups is 1. The first-order chi connectivity index (χ1) is 7.31. The molecule has 0 aromatic rings. The summed E-state index contributed by atoms with van der Waals surface area (Å²) in [7, 11) is 0. The second-order valence-electron chi connectivity index (χ2n) is 4.58. The molecule has 15 heavy (non-hydrogen) atoms. The van der Waals surface area contributed by atoms with Crippen molar-refractivity contribution in [2.45, 2.75) is 38.6 Å². The maximum absolute atomic E-state index is 5.87. The first kappa shape index (κ1) is 13.3. The molecule has 0 aliphatic carbocycles. The van der Waals surface area contributed by atoms with Gasteiger partial charge in [0, 0.05) is 19.1 Å². The van der Waals surface area contributed by atoms with Gasteiger partial charge in [-0.3, -0.25) is 4.90 Å². The molecule has 1 aliphatic rings. The molecule has 2 nitrogen and oxygen atoms in total. The van der Waals surface area contributed by atoms with Gasteiger partial charge in [-0.15, -0.1) is 0 Å². The van der Waals surface area contributed by atoms with Crippen LogP contribution < -0.4 is 5.73 Å². The Bertz CT molecular complexity index is 164. The summed E-state index contributed by atoms with van der Waals surface area (Å²) < 4.78 is 0. The van der Waals surface area contributed by atoms with Gasteiger partial charge in [-0.25, -0.2) is 0 Å². The molecule has 90 valence electrons. The van der Waals surface area contributed by atoms with Crippen LogP contribution in [0.2, 0.25) is 0 Å². The Morgan fingerprint density at radius 3 is 2.87 bits per heavy atom. The third-order valence-electron chi connectivity index (χ3n) is 3.57. The minimum atomic E-state index is 0.647. The van der Waals surface area contributed by atoms with E-state index in [1.807, 2.05) is 11.8 Å². The van der Waals surface area contributed by atoms with Crippen LogP contribution in [0.4, 0.5) is 0 Å². The lowest BCUT2D eigenvalue weighted by molar-refractivity contribution is 0.226. The van der Waals surface area contributed by atoms with Crippen LogP contribution in [0.15, 0.2) is 0 Å². The third-order valence-corrected chi connectivity index (χ3v) is 4.27. The van der Waals surface area contributed by atoms with Gasteiger partial charge >= 0.3 is 0 Å². The minimum absolute atomic E-state index is 0.647. The highest BCUT2D eigenvalue weighted by atomic mass is 32.2. The molecule has 1 saturated heterocycles. The summed E-state index contributed by atoms with van der Waals surface area (Å²) in [4.78, 5) is 2.62. The van der Waals surface area contributed by atoms with Crippen LogP contribution in [-0.2, 0) is 0 Å². The van der Waals surface area contributed by atoms with Crippen LogP contribution in [0.25, 0.3) is 0 Å². The molecule has 0 radical (unpaired) electrons. The van der Waals surface area contributed by atoms with Gasteiger partial charge in [-0.05, 0) is 43.7 Å². The molecular weight excluding hydrogens is 204 g/mol. The summed E-state index contributed by atoms with van der Waals surface area (Å²) in [5.74, 6) is 2.21. The van der Waals surface area contributed by atoms with Crippen LogP contribution in [-0.4, -0.2) is 42.6 Å². The number of hydrogen-bond donors (Lipinski definition) is 1. The number of likely N-dealkylation sites (tertiary alicyclic amines) is 1. The molecule has 0 bridgehead atoms. The SMILES string of the molecule is CCC1CCN(C(CN)CCCSC)C1. The Morgan fingerprint density at radius 2 is 2.33 bits per heavy atom. The first-order valence-corrected chi connectivity index (χ1v) is 7.64. The Kier molecular flexibility index (Phi) is 6.69. The van der Waals surface area contributed by atoms with Gasteiger partial charge in [-0.2, -0.15) is 11.8 Å². The molecule has 2 unspecified atom stereocenters. The molecule has 2 N–H and O–H groups in total. The average Bonchev–Trinajstić information content (AvgIpc) is 2.73. The average molecular weight is 230 g/mol. The van der Waals surface area contributed by atoms with Crippen molar-refractivity contribution in [3.63, 3.8) is 0 Å². The zero-order chi connectivity index (χ0) is 11.1. The summed E-state index contributed by atoms with van der Waals surface area (Å²) in [6.45, 7) is 5.71. The topological polar surface area (TPSA) is 29.3 Å². The van der Waals surface area contributed by atoms with Crippen LogP contribution >= 0.6 is 11.8 Å². The van der Waals surface area contributed by atoms with E-state index in [9.17, 15) is 0 Å². The van der Waals surface area contributed by atoms with Crippen molar-refractivity contribution in [3.8, 4) is 0 Å². The predicted molar refractivity (Wildman–Crippen MR) is 70.4 cm³/mol. The van der Waals surface area contributed by atoms with E-state index in [0.29, 0.717) is 6.04 Å². The van der Waals surface area contributed by atoms with E-state index >= 15 is 0 Å². The normalized spacial score (nSPS) is 24.6. The largest absolute Gasteiger partial charge is 0.329 e. The second kappa shape index (κ2) is 7.53. The Labute approximate surface area is 99.0 Å². The molecule has 2 atom stereocenters. The molecule has 0 aromatic carbocycles. The molecule has 1 rings (SSSR count). The van der Waals surface area contributed by atoms with Crippen molar-refractivity contribution in [3.05, 3.63) is 0 Å². The fourth-order valence-electron chi connectivity index (χ4n) is 2.44. The number of nitrogens with two attached hydrogens (primary N) is 1. The van der Waals surface area contributed by atoms with E-state index in [0.717, 1.165) is 12.5 Å². The molecule has 1 aliphatic heterocycles. The lowest BCUT2D eigenvalue weighted by Gasteiger charge is -2.26. The molecule has 3 heteroatoms. The smallest absolute Gasteiger partial charge is 0.0218 e. The van der Waals surface area contributed by atoms with Gasteiger partial charge in [-0.1, -0.05) is 13.3 Å². The lowest BCUT2D eigenvalue weighted by Crippen LogP contribution is -2.39. The van der Waals surface area contributed by atoms with Crippen molar-refractivity contribution in [2.24, 2.45) is 11.7 Å². The van der Waals surface area contributed by atoms with Crippen molar-refractivity contribution >= 4 is 11.8 Å². The maximum atomic E-state index is 5.87. The molecule has 0 amide bonds. The van der Waals surface area contributed by atoms with E-state index in [4.69, 9.17) is 5.73 Å². The highest BCUT2D eigenvalue weighted by Crippen LogP contribution is 2.22. The maximum Gasteiger partial charge on any atom is 0.0218 e. The van der Waals surface area contributed by atoms with Gasteiger partial charge < -0.3 is 5.73 Å². The minimum Gasteiger partial charge on any atom is -0.329 e. The lowest BCUT2D eigenvalue weighted by atomic mass is 10.1. The fourth-order valence-corrected chi connectivity index (χ4v) is 2.90. The van der Waals surface area contributed by atoms with Crippen molar-refractivity contribution in [1.82, 2.24) is 4.90 Å². The van der Waals surface area contributed by atoms with Crippen LogP contribution in [0, 0.1) is 5.92 Å². The molecule has 0 saturated carbocycles. The summed E-state index contributed by atoms with van der Waals surface area (Å²) in [5.41, 5.74) is 5.87. The predicted octanol–water partition coefficient (Wildman–Crippen LogP) is 2.19. The zero-order valence-electron chi connectivity index (χ0n) is 10.2. The Balaban J connectivity index is 2.25. The van der Waals surface area contributed by atoms with Gasteiger partial charge in [0.2, 0.25) is 0 Å². The second-order valence-corrected chi connectivity index (χ2v) is 5.57. The summed E-state index contributed by atoms with van der Waals surface area (Å²) in [6.07, 6.45) is 7.50. The monoisotopic (exact) mass is 230 g/mol. The van der Waals surface area contributed by atoms with E-state index in [-0.39, 0.29) is 0 Å². The van der Waals surface area contributed by atoms with E-state index in [2.05, 4.69) is 18.1 Å². The molecule has 0 aromatic heterocycles. The fraction of sp³-hybridized carbons (Fsp3) is 1.00. The Morgan fingerprint density at radius 1 is 1.53 bits per heavy atom. The van der Waals surface area contributed by atoms with Crippen molar-refractivity contribution in [2.75, 3.05) is 31.6 Å². The highest BCUT2D eigenvalue weighted by Gasteiger charge is 2.25. The number of rotatable bonds is 7. The third kappa shape index (κ3) is 4.33. The summed E-state index contributed by atoms with van der Waals surface area (Å²) >= 11 is 1.94. The molecule has 1 fully saturated rings. The van der Waals surface area contributed by atoms with Gasteiger partial charge in [0.15, 0.2) is 0 Å². The standard InChI is InChI=1S/C12H26N2S/c1-3-11-6-7-14(10-11)12(9-13)5-4-8-15-2/h11-12H,3-10,13H2,1-2H3. The molecule has 0 spiro atoms. The van der Waals surface area contributed by atoms with Crippen LogP contribution in [0.3, 0.4) is 0 Å². The van der Waals surface area contributed by atoms with Gasteiger partial charge in [0.1, 0.15) is 0 Å². The quantitative estimate of drug-likeness (QED) is 0.680. The number of hydrogen-bond acceptors (Lipinski definition) is 3.